The van der Waals surface area contributed by atoms with Gasteiger partial charge in [0, 0.05) is 25.7 Å². The van der Waals surface area contributed by atoms with Gasteiger partial charge in [-0.05, 0) is 37.5 Å². The largest absolute Gasteiger partial charge is 0.472 e. The molecule has 0 rings (SSSR count). The molecule has 3 unspecified atom stereocenters. The summed E-state index contributed by atoms with van der Waals surface area (Å²) in [6, 6.07) is 0. The topological polar surface area (TPSA) is 237 Å². The fourth-order valence-corrected chi connectivity index (χ4v) is 15.5. The van der Waals surface area contributed by atoms with Crippen LogP contribution in [0.3, 0.4) is 0 Å². The lowest BCUT2D eigenvalue weighted by Crippen LogP contribution is -2.30. The fraction of sp³-hybridized carbons (Fsp3) is 0.955. The van der Waals surface area contributed by atoms with Gasteiger partial charge >= 0.3 is 39.5 Å². The molecule has 0 spiro atoms. The summed E-state index contributed by atoms with van der Waals surface area (Å²) in [6.45, 7) is 9.69. The maximum absolute atomic E-state index is 13.2. The Balaban J connectivity index is 5.22. The van der Waals surface area contributed by atoms with E-state index < -0.39 is 97.5 Å². The van der Waals surface area contributed by atoms with Crippen LogP contribution in [0.1, 0.15) is 478 Å². The van der Waals surface area contributed by atoms with Gasteiger partial charge in [0.05, 0.1) is 26.4 Å². The molecule has 6 atom stereocenters. The minimum absolute atomic E-state index is 0.108. The summed E-state index contributed by atoms with van der Waals surface area (Å²) in [6.07, 6.45) is 73.8. The molecule has 642 valence electrons. The summed E-state index contributed by atoms with van der Waals surface area (Å²) < 4.78 is 69.0. The number of esters is 4. The molecule has 0 aromatic heterocycles. The number of unbranched alkanes of at least 4 members (excludes halogenated alkanes) is 57. The van der Waals surface area contributed by atoms with E-state index in [1.807, 2.05) is 0 Å². The summed E-state index contributed by atoms with van der Waals surface area (Å²) >= 11 is 0. The number of hydrogen-bond donors (Lipinski definition) is 3. The average Bonchev–Trinajstić information content (AvgIpc) is 0.899. The third kappa shape index (κ3) is 80.7. The molecule has 0 saturated carbocycles. The highest BCUT2D eigenvalue weighted by atomic mass is 31.2. The van der Waals surface area contributed by atoms with Crippen LogP contribution in [-0.4, -0.2) is 96.7 Å². The number of aliphatic hydroxyl groups is 1. The molecule has 0 saturated heterocycles. The van der Waals surface area contributed by atoms with Crippen molar-refractivity contribution >= 4 is 39.5 Å². The van der Waals surface area contributed by atoms with Crippen molar-refractivity contribution in [1.82, 2.24) is 0 Å². The maximum Gasteiger partial charge on any atom is 0.472 e. The van der Waals surface area contributed by atoms with E-state index in [4.69, 9.17) is 37.0 Å². The van der Waals surface area contributed by atoms with Gasteiger partial charge in [-0.25, -0.2) is 9.13 Å². The van der Waals surface area contributed by atoms with Crippen molar-refractivity contribution in [3.63, 3.8) is 0 Å². The van der Waals surface area contributed by atoms with Crippen molar-refractivity contribution in [2.75, 3.05) is 39.6 Å². The van der Waals surface area contributed by atoms with Crippen LogP contribution in [0.25, 0.3) is 0 Å². The lowest BCUT2D eigenvalue weighted by molar-refractivity contribution is -0.161. The molecular formula is C89H174O17P2. The van der Waals surface area contributed by atoms with Crippen LogP contribution in [0.4, 0.5) is 0 Å². The highest BCUT2D eigenvalue weighted by Crippen LogP contribution is 2.45. The zero-order valence-corrected chi connectivity index (χ0v) is 73.0. The molecule has 0 heterocycles. The lowest BCUT2D eigenvalue weighted by Gasteiger charge is -2.21. The summed E-state index contributed by atoms with van der Waals surface area (Å²) in [5.41, 5.74) is 0. The lowest BCUT2D eigenvalue weighted by atomic mass is 10.00. The summed E-state index contributed by atoms with van der Waals surface area (Å²) in [4.78, 5) is 73.3. The molecule has 0 aliphatic heterocycles. The molecule has 0 radical (unpaired) electrons. The molecule has 0 fully saturated rings. The summed E-state index contributed by atoms with van der Waals surface area (Å²) in [7, 11) is -9.93. The molecule has 0 aromatic carbocycles. The van der Waals surface area contributed by atoms with E-state index in [-0.39, 0.29) is 25.7 Å². The van der Waals surface area contributed by atoms with Gasteiger partial charge in [0.1, 0.15) is 19.3 Å². The predicted octanol–water partition coefficient (Wildman–Crippen LogP) is 27.4. The second-order valence-corrected chi connectivity index (χ2v) is 35.6. The van der Waals surface area contributed by atoms with Crippen molar-refractivity contribution in [1.29, 1.82) is 0 Å². The number of hydrogen-bond acceptors (Lipinski definition) is 15. The fourth-order valence-electron chi connectivity index (χ4n) is 13.9. The third-order valence-electron chi connectivity index (χ3n) is 21.3. The van der Waals surface area contributed by atoms with Crippen LogP contribution in [-0.2, 0) is 65.4 Å². The van der Waals surface area contributed by atoms with Gasteiger partial charge in [-0.3, -0.25) is 37.3 Å². The normalized spacial score (nSPS) is 14.0. The number of aliphatic hydroxyl groups excluding tert-OH is 1. The number of ether oxygens (including phenoxy) is 4. The molecule has 0 aliphatic rings. The Morgan fingerprint density at radius 2 is 0.472 bits per heavy atom. The van der Waals surface area contributed by atoms with E-state index in [0.717, 1.165) is 108 Å². The van der Waals surface area contributed by atoms with E-state index >= 15 is 0 Å². The number of rotatable bonds is 88. The maximum atomic E-state index is 13.2. The standard InChI is InChI=1S/C89H174O17P2/c1-7-10-12-14-16-18-20-22-24-26-27-28-33-36-40-44-48-52-59-65-71-86(91)99-77-84(105-88(93)73-67-62-54-50-46-42-38-34-30-29-32-35-39-43-47-51-57-63-69-81(4)5)79-103-107(95,96)101-75-83(90)76-102-108(97,98)104-80-85(78-100-87(92)72-66-60-56-55-58-64-70-82(6)9-3)106-89(94)74-68-61-53-49-45-41-37-31-25-23-21-19-17-15-13-11-8-2/h81-85,90H,7-80H2,1-6H3,(H,95,96)(H,97,98)/t82?,83-,84-,85-/m1/s1. The third-order valence-corrected chi connectivity index (χ3v) is 23.2. The summed E-state index contributed by atoms with van der Waals surface area (Å²) in [5.74, 6) is -0.549. The monoisotopic (exact) mass is 1580 g/mol. The Labute approximate surface area is 664 Å². The first-order valence-corrected chi connectivity index (χ1v) is 49.0. The Kier molecular flexibility index (Phi) is 78.8. The van der Waals surface area contributed by atoms with Gasteiger partial charge in [0.2, 0.25) is 0 Å². The first kappa shape index (κ1) is 106. The first-order chi connectivity index (χ1) is 52.4. The quantitative estimate of drug-likeness (QED) is 0.0222. The number of carbonyl (C=O) groups is 4. The van der Waals surface area contributed by atoms with E-state index in [2.05, 4.69) is 41.5 Å². The van der Waals surface area contributed by atoms with Gasteiger partial charge < -0.3 is 33.8 Å². The van der Waals surface area contributed by atoms with Crippen LogP contribution in [0.2, 0.25) is 0 Å². The smallest absolute Gasteiger partial charge is 0.462 e. The Bertz CT molecular complexity index is 2070. The molecule has 0 amide bonds. The predicted molar refractivity (Wildman–Crippen MR) is 446 cm³/mol. The Morgan fingerprint density at radius 3 is 0.704 bits per heavy atom. The van der Waals surface area contributed by atoms with Crippen LogP contribution < -0.4 is 0 Å². The van der Waals surface area contributed by atoms with Crippen molar-refractivity contribution in [2.24, 2.45) is 11.8 Å². The van der Waals surface area contributed by atoms with Crippen molar-refractivity contribution in [2.45, 2.75) is 496 Å². The molecule has 3 N–H and O–H groups in total. The minimum atomic E-state index is -4.97. The van der Waals surface area contributed by atoms with Gasteiger partial charge in [-0.15, -0.1) is 0 Å². The van der Waals surface area contributed by atoms with Crippen LogP contribution >= 0.6 is 15.6 Å². The van der Waals surface area contributed by atoms with E-state index in [9.17, 15) is 43.2 Å². The van der Waals surface area contributed by atoms with E-state index in [1.54, 1.807) is 0 Å². The number of phosphoric acid groups is 2. The van der Waals surface area contributed by atoms with Gasteiger partial charge in [-0.2, -0.15) is 0 Å². The second-order valence-electron chi connectivity index (χ2n) is 32.7. The second kappa shape index (κ2) is 80.3. The van der Waals surface area contributed by atoms with Gasteiger partial charge in [0.15, 0.2) is 12.2 Å². The molecule has 0 aromatic rings. The molecule has 0 aliphatic carbocycles. The SMILES string of the molecule is CCCCCCCCCCCCCCCCCCCCCCC(=O)OC[C@H](COP(=O)(O)OC[C@@H](O)COP(=O)(O)OC[C@@H](COC(=O)CCCCCCCCC(C)CC)OC(=O)CCCCCCCCCCCCCCCCCCC)OC(=O)CCCCCCCCCCCCCCCCCCCCC(C)C. The molecule has 17 nitrogen and oxygen atoms in total. The first-order valence-electron chi connectivity index (χ1n) is 46.0. The molecular weight excluding hydrogens is 1400 g/mol. The van der Waals surface area contributed by atoms with Crippen LogP contribution in [0.15, 0.2) is 0 Å². The highest BCUT2D eigenvalue weighted by Gasteiger charge is 2.31. The summed E-state index contributed by atoms with van der Waals surface area (Å²) in [5, 5.41) is 10.7. The molecule has 108 heavy (non-hydrogen) atoms. The van der Waals surface area contributed by atoms with E-state index in [0.29, 0.717) is 25.7 Å². The Morgan fingerprint density at radius 1 is 0.269 bits per heavy atom. The van der Waals surface area contributed by atoms with Crippen LogP contribution in [0, 0.1) is 11.8 Å². The number of phosphoric ester groups is 2. The van der Waals surface area contributed by atoms with E-state index in [1.165, 1.54) is 289 Å². The minimum Gasteiger partial charge on any atom is -0.462 e. The van der Waals surface area contributed by atoms with Crippen molar-refractivity contribution in [3.05, 3.63) is 0 Å². The Hall–Kier alpha value is -1.94. The highest BCUT2D eigenvalue weighted by molar-refractivity contribution is 7.47. The van der Waals surface area contributed by atoms with Gasteiger partial charge in [0.25, 0.3) is 0 Å². The van der Waals surface area contributed by atoms with Crippen LogP contribution in [0.5, 0.6) is 0 Å². The zero-order chi connectivity index (χ0) is 79.2. The van der Waals surface area contributed by atoms with Crippen molar-refractivity contribution in [3.8, 4) is 0 Å². The molecule has 0 bridgehead atoms. The van der Waals surface area contributed by atoms with Crippen molar-refractivity contribution < 1.29 is 80.2 Å². The van der Waals surface area contributed by atoms with Gasteiger partial charge in [-0.1, -0.05) is 427 Å². The zero-order valence-electron chi connectivity index (χ0n) is 71.2. The number of carbonyl (C=O) groups excluding carboxylic acids is 4. The molecule has 19 heteroatoms. The average molecular weight is 1580 g/mol.